The van der Waals surface area contributed by atoms with Crippen molar-refractivity contribution in [3.8, 4) is 0 Å². The molecule has 0 aromatic carbocycles. The topological polar surface area (TPSA) is 35.0 Å². The van der Waals surface area contributed by atoms with Crippen LogP contribution in [0, 0.1) is 0 Å². The van der Waals surface area contributed by atoms with Crippen LogP contribution in [0.4, 0.5) is 0 Å². The molecule has 0 rings (SSSR count). The van der Waals surface area contributed by atoms with Gasteiger partial charge in [-0.3, -0.25) is 0 Å². The maximum Gasteiger partial charge on any atom is 0 e. The molecule has 23 valence electrons. The third-order valence-corrected chi connectivity index (χ3v) is 0. The molecule has 0 amide bonds. The van der Waals surface area contributed by atoms with Gasteiger partial charge in [-0.1, -0.05) is 0 Å². The molecule has 0 saturated carbocycles. The number of rotatable bonds is 0. The van der Waals surface area contributed by atoms with Gasteiger partial charge in [-0.2, -0.15) is 0 Å². The molecule has 0 heterocycles. The minimum absolute atomic E-state index is 0. The Balaban J connectivity index is 0. The summed E-state index contributed by atoms with van der Waals surface area (Å²) in [6.45, 7) is 0. The molecule has 3 N–H and O–H groups in total. The first-order valence-corrected chi connectivity index (χ1v) is 0. The van der Waals surface area contributed by atoms with Crippen molar-refractivity contribution in [3.63, 3.8) is 0 Å². The summed E-state index contributed by atoms with van der Waals surface area (Å²) in [5, 5.41) is 0. The van der Waals surface area contributed by atoms with Crippen LogP contribution < -0.4 is 6.15 Å². The Morgan fingerprint density at radius 3 is 1.00 bits per heavy atom. The zero-order valence-electron chi connectivity index (χ0n) is 1.54. The fourth-order valence-electron chi connectivity index (χ4n) is 0. The largest absolute Gasteiger partial charge is 0 e. The zero-order chi connectivity index (χ0) is 0. The van der Waals surface area contributed by atoms with Crippen LogP contribution in [0.5, 0.6) is 0 Å². The first kappa shape index (κ1) is 41.7. The summed E-state index contributed by atoms with van der Waals surface area (Å²) in [4.78, 5) is 0. The molecular weight excluding hydrogens is 128 g/mol. The molecule has 4 heteroatoms. The van der Waals surface area contributed by atoms with Crippen LogP contribution in [0.3, 0.4) is 0 Å². The van der Waals surface area contributed by atoms with Crippen LogP contribution in [-0.2, 0) is 38.5 Å². The van der Waals surface area contributed by atoms with Crippen LogP contribution in [0.2, 0.25) is 0 Å². The second-order valence-electron chi connectivity index (χ2n) is 0. The maximum absolute atomic E-state index is 0. The van der Waals surface area contributed by atoms with E-state index >= 15 is 0 Å². The van der Waals surface area contributed by atoms with Gasteiger partial charge in [0.15, 0.2) is 0 Å². The Labute approximate surface area is 63.1 Å². The average Bonchev–Trinajstić information content (AvgIpc) is 0. The molecule has 1 radical (unpaired) electrons. The Bertz CT molecular complexity index is 8.00. The SMILES string of the molecule is N.[Co].[LiH].[Ti]. The smallest absolute Gasteiger partial charge is 0 e. The van der Waals surface area contributed by atoms with Gasteiger partial charge in [0.1, 0.15) is 0 Å². The third kappa shape index (κ3) is 9.22. The van der Waals surface area contributed by atoms with E-state index in [9.17, 15) is 0 Å². The molecule has 0 atom stereocenters. The van der Waals surface area contributed by atoms with Crippen LogP contribution in [0.25, 0.3) is 0 Å². The minimum atomic E-state index is 0. The summed E-state index contributed by atoms with van der Waals surface area (Å²) in [6.07, 6.45) is 0. The van der Waals surface area contributed by atoms with E-state index in [1.807, 2.05) is 0 Å². The van der Waals surface area contributed by atoms with Gasteiger partial charge in [0.25, 0.3) is 0 Å². The van der Waals surface area contributed by atoms with Gasteiger partial charge in [0.05, 0.1) is 0 Å². The summed E-state index contributed by atoms with van der Waals surface area (Å²) < 4.78 is 0. The standard InChI is InChI=1S/Co.Li.H3N.Ti.H/h;;1H3;;. The van der Waals surface area contributed by atoms with Gasteiger partial charge < -0.3 is 6.15 Å². The molecule has 0 aliphatic carbocycles. The molecule has 0 aliphatic rings. The molecule has 0 aliphatic heterocycles. The molecular formula is H4CoLiNTi. The Kier molecular flexibility index (Phi) is 225. The van der Waals surface area contributed by atoms with Crippen LogP contribution >= 0.6 is 0 Å². The monoisotopic (exact) mass is 132 g/mol. The predicted octanol–water partition coefficient (Wildman–Crippen LogP) is -0.492. The van der Waals surface area contributed by atoms with E-state index in [2.05, 4.69) is 0 Å². The fraction of sp³-hybridized carbons (Fsp3) is 0. The first-order valence-electron chi connectivity index (χ1n) is 0. The second kappa shape index (κ2) is 21.6. The van der Waals surface area contributed by atoms with Crippen LogP contribution in [0.15, 0.2) is 0 Å². The molecule has 0 unspecified atom stereocenters. The predicted molar refractivity (Wildman–Crippen MR) is 12.2 cm³/mol. The molecule has 0 fully saturated rings. The summed E-state index contributed by atoms with van der Waals surface area (Å²) in [7, 11) is 0. The van der Waals surface area contributed by atoms with E-state index in [0.29, 0.717) is 0 Å². The Morgan fingerprint density at radius 1 is 1.00 bits per heavy atom. The van der Waals surface area contributed by atoms with Gasteiger partial charge in [0.2, 0.25) is 0 Å². The summed E-state index contributed by atoms with van der Waals surface area (Å²) >= 11 is 0. The van der Waals surface area contributed by atoms with Crippen molar-refractivity contribution < 1.29 is 38.5 Å². The van der Waals surface area contributed by atoms with Crippen molar-refractivity contribution in [1.82, 2.24) is 6.15 Å². The van der Waals surface area contributed by atoms with Crippen molar-refractivity contribution in [2.75, 3.05) is 0 Å². The summed E-state index contributed by atoms with van der Waals surface area (Å²) in [5.74, 6) is 0. The van der Waals surface area contributed by atoms with Crippen molar-refractivity contribution >= 4 is 18.9 Å². The average molecular weight is 132 g/mol. The van der Waals surface area contributed by atoms with Gasteiger partial charge in [-0.25, -0.2) is 0 Å². The fourth-order valence-corrected chi connectivity index (χ4v) is 0. The molecule has 0 spiro atoms. The minimum Gasteiger partial charge on any atom is 0 e. The zero-order valence-corrected chi connectivity index (χ0v) is 4.14. The molecule has 0 saturated heterocycles. The van der Waals surface area contributed by atoms with Crippen LogP contribution in [0.1, 0.15) is 0 Å². The van der Waals surface area contributed by atoms with E-state index in [0.717, 1.165) is 0 Å². The maximum atomic E-state index is 0. The van der Waals surface area contributed by atoms with Gasteiger partial charge in [-0.15, -0.1) is 0 Å². The Morgan fingerprint density at radius 2 is 1.00 bits per heavy atom. The molecule has 1 nitrogen and oxygen atoms in total. The summed E-state index contributed by atoms with van der Waals surface area (Å²) in [6, 6.07) is 0. The Hall–Kier alpha value is 1.78. The summed E-state index contributed by atoms with van der Waals surface area (Å²) in [5.41, 5.74) is 0. The van der Waals surface area contributed by atoms with Crippen molar-refractivity contribution in [2.24, 2.45) is 0 Å². The van der Waals surface area contributed by atoms with Gasteiger partial charge >= 0.3 is 18.9 Å². The van der Waals surface area contributed by atoms with E-state index in [1.54, 1.807) is 0 Å². The van der Waals surface area contributed by atoms with Crippen molar-refractivity contribution in [3.05, 3.63) is 0 Å². The van der Waals surface area contributed by atoms with Crippen molar-refractivity contribution in [1.29, 1.82) is 0 Å². The number of hydrogen-bond acceptors (Lipinski definition) is 1. The van der Waals surface area contributed by atoms with Gasteiger partial charge in [-0.05, 0) is 0 Å². The second-order valence-corrected chi connectivity index (χ2v) is 0. The van der Waals surface area contributed by atoms with Crippen LogP contribution in [-0.4, -0.2) is 18.9 Å². The van der Waals surface area contributed by atoms with Crippen molar-refractivity contribution in [2.45, 2.75) is 0 Å². The molecule has 0 aromatic heterocycles. The number of hydrogen-bond donors (Lipinski definition) is 1. The molecule has 4 heavy (non-hydrogen) atoms. The van der Waals surface area contributed by atoms with E-state index < -0.39 is 0 Å². The third-order valence-electron chi connectivity index (χ3n) is 0. The first-order chi connectivity index (χ1) is 0. The van der Waals surface area contributed by atoms with Gasteiger partial charge in [0, 0.05) is 38.5 Å². The van der Waals surface area contributed by atoms with E-state index in [1.165, 1.54) is 0 Å². The molecule has 0 aromatic rings. The van der Waals surface area contributed by atoms with E-state index in [4.69, 9.17) is 0 Å². The quantitative estimate of drug-likeness (QED) is 0.443. The normalized spacial score (nSPS) is 0. The molecule has 0 bridgehead atoms. The van der Waals surface area contributed by atoms with E-state index in [-0.39, 0.29) is 63.5 Å².